The van der Waals surface area contributed by atoms with E-state index in [9.17, 15) is 14.9 Å². The summed E-state index contributed by atoms with van der Waals surface area (Å²) in [7, 11) is 0. The van der Waals surface area contributed by atoms with Crippen LogP contribution in [0.2, 0.25) is 0 Å². The predicted octanol–water partition coefficient (Wildman–Crippen LogP) is 5.26. The minimum Gasteiger partial charge on any atom is -0.349 e. The Morgan fingerprint density at radius 2 is 1.91 bits per heavy atom. The lowest BCUT2D eigenvalue weighted by atomic mass is 10.1. The summed E-state index contributed by atoms with van der Waals surface area (Å²) >= 11 is 1.30. The number of nitrogens with zero attached hydrogens (tertiary/aromatic N) is 3. The Labute approximate surface area is 209 Å². The molecule has 7 nitrogen and oxygen atoms in total. The fourth-order valence-corrected chi connectivity index (χ4v) is 5.63. The molecule has 0 unspecified atom stereocenters. The zero-order valence-electron chi connectivity index (χ0n) is 20.1. The number of aromatic nitrogens is 2. The molecule has 2 N–H and O–H groups in total. The Bertz CT molecular complexity index is 1350. The molecule has 5 rings (SSSR count). The number of para-hydroxylation sites is 1. The quantitative estimate of drug-likeness (QED) is 0.443. The molecule has 0 aliphatic heterocycles. The third-order valence-electron chi connectivity index (χ3n) is 7.02. The number of rotatable bonds is 7. The van der Waals surface area contributed by atoms with Crippen molar-refractivity contribution in [2.75, 3.05) is 11.1 Å². The summed E-state index contributed by atoms with van der Waals surface area (Å²) in [6.07, 6.45) is 6.48. The summed E-state index contributed by atoms with van der Waals surface area (Å²) in [5.41, 5.74) is 3.81. The Balaban J connectivity index is 1.36. The first kappa shape index (κ1) is 23.4. The highest BCUT2D eigenvalue weighted by Gasteiger charge is 2.27. The van der Waals surface area contributed by atoms with Gasteiger partial charge in [0, 0.05) is 23.2 Å². The number of hydrogen-bond acceptors (Lipinski definition) is 5. The number of nitriles is 1. The van der Waals surface area contributed by atoms with E-state index in [1.807, 2.05) is 38.1 Å². The van der Waals surface area contributed by atoms with Crippen LogP contribution in [0.4, 0.5) is 5.82 Å². The molecule has 2 heterocycles. The van der Waals surface area contributed by atoms with E-state index in [1.165, 1.54) is 11.8 Å². The normalized spacial score (nSPS) is 15.8. The molecular weight excluding hydrogens is 458 g/mol. The maximum absolute atomic E-state index is 13.0. The topological polar surface area (TPSA) is 99.8 Å². The van der Waals surface area contributed by atoms with E-state index in [0.717, 1.165) is 60.7 Å². The van der Waals surface area contributed by atoms with Gasteiger partial charge in [0.1, 0.15) is 11.9 Å². The highest BCUT2D eigenvalue weighted by molar-refractivity contribution is 7.99. The van der Waals surface area contributed by atoms with Crippen molar-refractivity contribution >= 4 is 40.3 Å². The number of pyridine rings is 1. The number of thioether (sulfide) groups is 1. The lowest BCUT2D eigenvalue weighted by Gasteiger charge is -2.19. The van der Waals surface area contributed by atoms with E-state index in [1.54, 1.807) is 6.07 Å². The number of benzene rings is 1. The van der Waals surface area contributed by atoms with E-state index < -0.39 is 0 Å². The van der Waals surface area contributed by atoms with Gasteiger partial charge >= 0.3 is 0 Å². The predicted molar refractivity (Wildman–Crippen MR) is 138 cm³/mol. The van der Waals surface area contributed by atoms with Gasteiger partial charge in [0.25, 0.3) is 5.91 Å². The summed E-state index contributed by atoms with van der Waals surface area (Å²) in [5.74, 6) is 0.447. The lowest BCUT2D eigenvalue weighted by molar-refractivity contribution is -0.113. The van der Waals surface area contributed by atoms with Crippen LogP contribution in [0.25, 0.3) is 10.9 Å². The maximum Gasteiger partial charge on any atom is 0.252 e. The van der Waals surface area contributed by atoms with E-state index in [2.05, 4.69) is 26.3 Å². The minimum absolute atomic E-state index is 0.101. The number of carbonyl (C=O) groups is 2. The van der Waals surface area contributed by atoms with E-state index in [4.69, 9.17) is 0 Å². The molecule has 2 aromatic heterocycles. The molecule has 2 fully saturated rings. The highest BCUT2D eigenvalue weighted by atomic mass is 32.2. The average molecular weight is 488 g/mol. The first-order valence-electron chi connectivity index (χ1n) is 12.2. The van der Waals surface area contributed by atoms with Crippen molar-refractivity contribution in [3.05, 3.63) is 52.7 Å². The molecule has 2 aliphatic rings. The summed E-state index contributed by atoms with van der Waals surface area (Å²) in [4.78, 5) is 30.5. The number of carbonyl (C=O) groups excluding carboxylic acids is 2. The molecule has 35 heavy (non-hydrogen) atoms. The second kappa shape index (κ2) is 9.74. The molecule has 0 saturated heterocycles. The van der Waals surface area contributed by atoms with Crippen molar-refractivity contribution < 1.29 is 9.59 Å². The van der Waals surface area contributed by atoms with Gasteiger partial charge in [-0.15, -0.1) is 0 Å². The molecule has 3 aromatic rings. The van der Waals surface area contributed by atoms with Crippen molar-refractivity contribution in [2.24, 2.45) is 0 Å². The summed E-state index contributed by atoms with van der Waals surface area (Å²) in [6, 6.07) is 12.2. The van der Waals surface area contributed by atoms with Crippen molar-refractivity contribution in [3.63, 3.8) is 0 Å². The van der Waals surface area contributed by atoms with Gasteiger partial charge in [-0.3, -0.25) is 9.59 Å². The molecule has 2 aliphatic carbocycles. The Hall–Kier alpha value is -3.31. The summed E-state index contributed by atoms with van der Waals surface area (Å²) < 4.78 is 2.15. The lowest BCUT2D eigenvalue weighted by Crippen LogP contribution is -2.25. The van der Waals surface area contributed by atoms with Crippen LogP contribution < -0.4 is 10.6 Å². The largest absolute Gasteiger partial charge is 0.349 e. The molecule has 180 valence electrons. The number of anilines is 1. The zero-order chi connectivity index (χ0) is 24.5. The third kappa shape index (κ3) is 4.78. The van der Waals surface area contributed by atoms with Gasteiger partial charge in [0.15, 0.2) is 0 Å². The smallest absolute Gasteiger partial charge is 0.252 e. The van der Waals surface area contributed by atoms with Crippen molar-refractivity contribution in [1.82, 2.24) is 14.9 Å². The SMILES string of the molecule is Cc1c(C#N)c(NC(=O)CSc2cc(C(=O)NC3CC3)c3ccccc3n2)n(C2CCCC2)c1C. The molecular formula is C27H29N5O2S. The monoisotopic (exact) mass is 487 g/mol. The second-order valence-electron chi connectivity index (χ2n) is 9.46. The van der Waals surface area contributed by atoms with Crippen LogP contribution in [-0.2, 0) is 4.79 Å². The van der Waals surface area contributed by atoms with Crippen molar-refractivity contribution in [1.29, 1.82) is 5.26 Å². The number of hydrogen-bond donors (Lipinski definition) is 2. The Morgan fingerprint density at radius 3 is 2.63 bits per heavy atom. The fraction of sp³-hybridized carbons (Fsp3) is 0.407. The van der Waals surface area contributed by atoms with Crippen LogP contribution in [-0.4, -0.2) is 33.2 Å². The first-order valence-corrected chi connectivity index (χ1v) is 13.2. The highest BCUT2D eigenvalue weighted by Crippen LogP contribution is 2.38. The van der Waals surface area contributed by atoms with E-state index >= 15 is 0 Å². The Morgan fingerprint density at radius 1 is 1.17 bits per heavy atom. The molecule has 0 spiro atoms. The summed E-state index contributed by atoms with van der Waals surface area (Å²) in [5, 5.41) is 17.3. The Kier molecular flexibility index (Phi) is 6.52. The standard InChI is InChI=1S/C27H29N5O2S/c1-16-17(2)32(19-7-3-4-8-19)26(22(16)14-28)31-24(33)15-35-25-13-21(27(34)29-18-11-12-18)20-9-5-6-10-23(20)30-25/h5-6,9-10,13,18-19H,3-4,7-8,11-12,15H2,1-2H3,(H,29,34)(H,31,33). The van der Waals surface area contributed by atoms with Crippen molar-refractivity contribution in [2.45, 2.75) is 69.5 Å². The second-order valence-corrected chi connectivity index (χ2v) is 10.5. The van der Waals surface area contributed by atoms with Crippen molar-refractivity contribution in [3.8, 4) is 6.07 Å². The van der Waals surface area contributed by atoms with E-state index in [-0.39, 0.29) is 23.6 Å². The summed E-state index contributed by atoms with van der Waals surface area (Å²) in [6.45, 7) is 3.96. The number of fused-ring (bicyclic) bond motifs is 1. The van der Waals surface area contributed by atoms with Gasteiger partial charge in [0.05, 0.1) is 27.4 Å². The van der Waals surface area contributed by atoms with Crippen LogP contribution >= 0.6 is 11.8 Å². The number of nitrogens with one attached hydrogen (secondary N) is 2. The van der Waals surface area contributed by atoms with Gasteiger partial charge in [-0.2, -0.15) is 5.26 Å². The zero-order valence-corrected chi connectivity index (χ0v) is 20.9. The molecule has 2 saturated carbocycles. The van der Waals surface area contributed by atoms with Crippen LogP contribution in [0.3, 0.4) is 0 Å². The van der Waals surface area contributed by atoms with Gasteiger partial charge in [-0.05, 0) is 57.2 Å². The molecule has 1 aromatic carbocycles. The molecule has 0 atom stereocenters. The number of amides is 2. The molecule has 0 radical (unpaired) electrons. The molecule has 8 heteroatoms. The van der Waals surface area contributed by atoms with Crippen LogP contribution in [0.15, 0.2) is 35.4 Å². The van der Waals surface area contributed by atoms with Gasteiger partial charge in [0.2, 0.25) is 5.91 Å². The third-order valence-corrected chi connectivity index (χ3v) is 7.93. The maximum atomic E-state index is 13.0. The fourth-order valence-electron chi connectivity index (χ4n) is 4.92. The van der Waals surface area contributed by atoms with E-state index in [0.29, 0.717) is 28.0 Å². The average Bonchev–Trinajstić information content (AvgIpc) is 3.44. The van der Waals surface area contributed by atoms with Gasteiger partial charge < -0.3 is 15.2 Å². The molecule has 0 bridgehead atoms. The van der Waals surface area contributed by atoms with Gasteiger partial charge in [-0.25, -0.2) is 4.98 Å². The van der Waals surface area contributed by atoms with Crippen LogP contribution in [0.1, 0.15) is 71.7 Å². The first-order chi connectivity index (χ1) is 17.0. The minimum atomic E-state index is -0.192. The van der Waals surface area contributed by atoms with Crippen LogP contribution in [0.5, 0.6) is 0 Å². The van der Waals surface area contributed by atoms with Crippen LogP contribution in [0, 0.1) is 25.2 Å². The van der Waals surface area contributed by atoms with Gasteiger partial charge in [-0.1, -0.05) is 42.8 Å². The molecule has 2 amide bonds.